The van der Waals surface area contributed by atoms with E-state index in [-0.39, 0.29) is 12.5 Å². The highest BCUT2D eigenvalue weighted by Crippen LogP contribution is 2.17. The van der Waals surface area contributed by atoms with Gasteiger partial charge in [-0.25, -0.2) is 0 Å². The third-order valence-corrected chi connectivity index (χ3v) is 4.10. The zero-order valence-electron chi connectivity index (χ0n) is 12.5. The van der Waals surface area contributed by atoms with E-state index in [0.29, 0.717) is 13.2 Å². The molecule has 0 bridgehead atoms. The van der Waals surface area contributed by atoms with Crippen LogP contribution in [0.3, 0.4) is 0 Å². The minimum atomic E-state index is -0.0550. The van der Waals surface area contributed by atoms with Crippen molar-refractivity contribution in [2.75, 3.05) is 18.9 Å². The largest absolute Gasteiger partial charge is 0.367 e. The molecule has 0 aliphatic carbocycles. The van der Waals surface area contributed by atoms with Crippen LogP contribution in [0.4, 0.5) is 0 Å². The highest BCUT2D eigenvalue weighted by atomic mass is 32.2. The van der Waals surface area contributed by atoms with Crippen molar-refractivity contribution in [1.29, 1.82) is 0 Å². The van der Waals surface area contributed by atoms with Gasteiger partial charge >= 0.3 is 0 Å². The first-order valence-corrected chi connectivity index (χ1v) is 8.39. The summed E-state index contributed by atoms with van der Waals surface area (Å²) in [6.07, 6.45) is 0.948. The van der Waals surface area contributed by atoms with Crippen molar-refractivity contribution in [1.82, 2.24) is 5.32 Å². The molecule has 0 atom stereocenters. The number of rotatable bonds is 9. The molecule has 2 aromatic carbocycles. The molecular weight excluding hydrogens is 294 g/mol. The monoisotopic (exact) mass is 315 g/mol. The topological polar surface area (TPSA) is 38.3 Å². The SMILES string of the molecule is O=C(COCc1ccccc1)NCCCSc1ccccc1. The highest BCUT2D eigenvalue weighted by molar-refractivity contribution is 7.99. The van der Waals surface area contributed by atoms with E-state index in [1.807, 2.05) is 48.5 Å². The van der Waals surface area contributed by atoms with E-state index in [4.69, 9.17) is 4.74 Å². The van der Waals surface area contributed by atoms with E-state index in [2.05, 4.69) is 17.4 Å². The summed E-state index contributed by atoms with van der Waals surface area (Å²) in [5, 5.41) is 2.88. The third-order valence-electron chi connectivity index (χ3n) is 3.00. The zero-order chi connectivity index (χ0) is 15.5. The summed E-state index contributed by atoms with van der Waals surface area (Å²) in [6, 6.07) is 20.1. The molecule has 0 saturated carbocycles. The molecule has 3 nitrogen and oxygen atoms in total. The second kappa shape index (κ2) is 10.0. The summed E-state index contributed by atoms with van der Waals surface area (Å²) in [5.74, 6) is 0.940. The molecule has 22 heavy (non-hydrogen) atoms. The summed E-state index contributed by atoms with van der Waals surface area (Å²) in [4.78, 5) is 12.9. The van der Waals surface area contributed by atoms with Crippen LogP contribution >= 0.6 is 11.8 Å². The predicted octanol–water partition coefficient (Wildman–Crippen LogP) is 3.50. The van der Waals surface area contributed by atoms with Crippen molar-refractivity contribution in [2.24, 2.45) is 0 Å². The van der Waals surface area contributed by atoms with E-state index in [9.17, 15) is 4.79 Å². The number of carbonyl (C=O) groups is 1. The van der Waals surface area contributed by atoms with Crippen LogP contribution in [0.15, 0.2) is 65.6 Å². The van der Waals surface area contributed by atoms with Gasteiger partial charge in [-0.1, -0.05) is 48.5 Å². The number of carbonyl (C=O) groups excluding carboxylic acids is 1. The Morgan fingerprint density at radius 3 is 2.41 bits per heavy atom. The molecule has 0 spiro atoms. The maximum atomic E-state index is 11.6. The van der Waals surface area contributed by atoms with Gasteiger partial charge in [-0.15, -0.1) is 11.8 Å². The van der Waals surface area contributed by atoms with Crippen LogP contribution in [0.1, 0.15) is 12.0 Å². The van der Waals surface area contributed by atoms with Crippen LogP contribution in [0.25, 0.3) is 0 Å². The molecule has 4 heteroatoms. The van der Waals surface area contributed by atoms with Crippen molar-refractivity contribution < 1.29 is 9.53 Å². The number of amides is 1. The molecule has 2 rings (SSSR count). The summed E-state index contributed by atoms with van der Waals surface area (Å²) in [5.41, 5.74) is 1.08. The molecular formula is C18H21NO2S. The van der Waals surface area contributed by atoms with Crippen molar-refractivity contribution in [3.05, 3.63) is 66.2 Å². The molecule has 0 saturated heterocycles. The number of ether oxygens (including phenoxy) is 1. The van der Waals surface area contributed by atoms with Gasteiger partial charge < -0.3 is 10.1 Å². The standard InChI is InChI=1S/C18H21NO2S/c20-18(15-21-14-16-8-3-1-4-9-16)19-12-7-13-22-17-10-5-2-6-11-17/h1-6,8-11H,7,12-15H2,(H,19,20). The predicted molar refractivity (Wildman–Crippen MR) is 90.9 cm³/mol. The second-order valence-electron chi connectivity index (χ2n) is 4.84. The Morgan fingerprint density at radius 2 is 1.68 bits per heavy atom. The first-order chi connectivity index (χ1) is 10.8. The van der Waals surface area contributed by atoms with Crippen molar-refractivity contribution >= 4 is 17.7 Å². The normalized spacial score (nSPS) is 10.4. The molecule has 0 aliphatic rings. The van der Waals surface area contributed by atoms with E-state index < -0.39 is 0 Å². The van der Waals surface area contributed by atoms with Gasteiger partial charge in [-0.3, -0.25) is 4.79 Å². The third kappa shape index (κ3) is 6.78. The molecule has 0 aromatic heterocycles. The second-order valence-corrected chi connectivity index (χ2v) is 6.01. The first-order valence-electron chi connectivity index (χ1n) is 7.41. The number of nitrogens with one attached hydrogen (secondary N) is 1. The molecule has 0 heterocycles. The Morgan fingerprint density at radius 1 is 1.00 bits per heavy atom. The van der Waals surface area contributed by atoms with Crippen molar-refractivity contribution in [3.63, 3.8) is 0 Å². The van der Waals surface area contributed by atoms with Gasteiger partial charge in [0.1, 0.15) is 6.61 Å². The minimum Gasteiger partial charge on any atom is -0.367 e. The number of hydrogen-bond donors (Lipinski definition) is 1. The van der Waals surface area contributed by atoms with Crippen LogP contribution < -0.4 is 5.32 Å². The smallest absolute Gasteiger partial charge is 0.246 e. The molecule has 0 aliphatic heterocycles. The van der Waals surface area contributed by atoms with Crippen LogP contribution in [0, 0.1) is 0 Å². The minimum absolute atomic E-state index is 0.0550. The number of benzene rings is 2. The molecule has 2 aromatic rings. The molecule has 1 N–H and O–H groups in total. The Bertz CT molecular complexity index is 546. The Balaban J connectivity index is 1.49. The molecule has 116 valence electrons. The Hall–Kier alpha value is -1.78. The lowest BCUT2D eigenvalue weighted by Gasteiger charge is -2.06. The summed E-state index contributed by atoms with van der Waals surface area (Å²) in [7, 11) is 0. The average Bonchev–Trinajstić information content (AvgIpc) is 2.56. The fraction of sp³-hybridized carbons (Fsp3) is 0.278. The molecule has 0 unspecified atom stereocenters. The maximum absolute atomic E-state index is 11.6. The lowest BCUT2D eigenvalue weighted by atomic mass is 10.2. The van der Waals surface area contributed by atoms with E-state index in [1.54, 1.807) is 11.8 Å². The Labute approximate surface area is 136 Å². The lowest BCUT2D eigenvalue weighted by molar-refractivity contribution is -0.126. The van der Waals surface area contributed by atoms with Crippen LogP contribution in [-0.2, 0) is 16.1 Å². The Kier molecular flexibility index (Phi) is 7.56. The van der Waals surface area contributed by atoms with Gasteiger partial charge in [-0.2, -0.15) is 0 Å². The van der Waals surface area contributed by atoms with Gasteiger partial charge in [0.25, 0.3) is 0 Å². The highest BCUT2D eigenvalue weighted by Gasteiger charge is 2.01. The van der Waals surface area contributed by atoms with Crippen molar-refractivity contribution in [3.8, 4) is 0 Å². The fourth-order valence-electron chi connectivity index (χ4n) is 1.89. The fourth-order valence-corrected chi connectivity index (χ4v) is 2.77. The van der Waals surface area contributed by atoms with E-state index in [1.165, 1.54) is 4.90 Å². The van der Waals surface area contributed by atoms with Gasteiger partial charge in [0, 0.05) is 11.4 Å². The van der Waals surface area contributed by atoms with E-state index >= 15 is 0 Å². The van der Waals surface area contributed by atoms with Gasteiger partial charge in [0.05, 0.1) is 6.61 Å². The molecule has 0 fully saturated rings. The lowest BCUT2D eigenvalue weighted by Crippen LogP contribution is -2.28. The summed E-state index contributed by atoms with van der Waals surface area (Å²) >= 11 is 1.80. The van der Waals surface area contributed by atoms with Crippen molar-refractivity contribution in [2.45, 2.75) is 17.9 Å². The number of thioether (sulfide) groups is 1. The maximum Gasteiger partial charge on any atom is 0.246 e. The van der Waals surface area contributed by atoms with Gasteiger partial charge in [0.2, 0.25) is 5.91 Å². The number of hydrogen-bond acceptors (Lipinski definition) is 3. The van der Waals surface area contributed by atoms with Gasteiger partial charge in [0.15, 0.2) is 0 Å². The molecule has 1 amide bonds. The summed E-state index contributed by atoms with van der Waals surface area (Å²) < 4.78 is 5.39. The first kappa shape index (κ1) is 16.6. The summed E-state index contributed by atoms with van der Waals surface area (Å²) in [6.45, 7) is 1.27. The van der Waals surface area contributed by atoms with Crippen LogP contribution in [-0.4, -0.2) is 24.8 Å². The van der Waals surface area contributed by atoms with Crippen LogP contribution in [0.5, 0.6) is 0 Å². The zero-order valence-corrected chi connectivity index (χ0v) is 13.4. The van der Waals surface area contributed by atoms with E-state index in [0.717, 1.165) is 17.7 Å². The molecule has 0 radical (unpaired) electrons. The average molecular weight is 315 g/mol. The van der Waals surface area contributed by atoms with Gasteiger partial charge in [-0.05, 0) is 29.9 Å². The van der Waals surface area contributed by atoms with Crippen LogP contribution in [0.2, 0.25) is 0 Å². The quantitative estimate of drug-likeness (QED) is 0.568.